The zero-order chi connectivity index (χ0) is 15.9. The van der Waals surface area contributed by atoms with Gasteiger partial charge in [0.15, 0.2) is 11.6 Å². The van der Waals surface area contributed by atoms with Crippen molar-refractivity contribution >= 4 is 22.7 Å². The number of rotatable bonds is 1. The van der Waals surface area contributed by atoms with Gasteiger partial charge in [-0.25, -0.2) is 9.97 Å². The average Bonchev–Trinajstić information content (AvgIpc) is 2.47. The van der Waals surface area contributed by atoms with Gasteiger partial charge in [-0.05, 0) is 22.6 Å². The minimum atomic E-state index is 0.135. The maximum Gasteiger partial charge on any atom is 0.166 e. The number of hydrogen-bond donors (Lipinski definition) is 2. The van der Waals surface area contributed by atoms with E-state index in [0.29, 0.717) is 0 Å². The maximum absolute atomic E-state index is 5.82. The molecule has 0 aliphatic heterocycles. The highest BCUT2D eigenvalue weighted by Crippen LogP contribution is 2.30. The summed E-state index contributed by atoms with van der Waals surface area (Å²) in [6, 6.07) is 14.4. The predicted molar refractivity (Wildman–Crippen MR) is 92.5 cm³/mol. The molecule has 1 heterocycles. The highest BCUT2D eigenvalue weighted by atomic mass is 15.0. The number of aromatic nitrogens is 2. The van der Waals surface area contributed by atoms with E-state index in [0.717, 1.165) is 22.2 Å². The summed E-state index contributed by atoms with van der Waals surface area (Å²) in [6.45, 7) is 6.61. The monoisotopic (exact) mass is 292 g/mol. The normalized spacial score (nSPS) is 11.8. The van der Waals surface area contributed by atoms with Crippen molar-refractivity contribution in [1.82, 2.24) is 9.97 Å². The quantitative estimate of drug-likeness (QED) is 0.716. The largest absolute Gasteiger partial charge is 0.381 e. The van der Waals surface area contributed by atoms with Crippen molar-refractivity contribution in [2.24, 2.45) is 0 Å². The van der Waals surface area contributed by atoms with E-state index in [-0.39, 0.29) is 17.1 Å². The van der Waals surface area contributed by atoms with Gasteiger partial charge in [0, 0.05) is 5.56 Å². The van der Waals surface area contributed by atoms with Gasteiger partial charge in [-0.1, -0.05) is 57.2 Å². The van der Waals surface area contributed by atoms with E-state index < -0.39 is 0 Å². The van der Waals surface area contributed by atoms with E-state index >= 15 is 0 Å². The molecule has 0 saturated carbocycles. The Balaban J connectivity index is 2.16. The number of nitrogens with zero attached hydrogens (tertiary/aromatic N) is 2. The Morgan fingerprint density at radius 1 is 0.818 bits per heavy atom. The lowest BCUT2D eigenvalue weighted by Crippen LogP contribution is -2.10. The summed E-state index contributed by atoms with van der Waals surface area (Å²) in [4.78, 5) is 8.72. The smallest absolute Gasteiger partial charge is 0.166 e. The lowest BCUT2D eigenvalue weighted by molar-refractivity contribution is 0.590. The van der Waals surface area contributed by atoms with Gasteiger partial charge in [0.05, 0.1) is 11.0 Å². The third kappa shape index (κ3) is 2.48. The molecule has 0 radical (unpaired) electrons. The molecule has 0 saturated heterocycles. The Hall–Kier alpha value is -2.62. The second-order valence-electron chi connectivity index (χ2n) is 6.49. The molecule has 0 amide bonds. The third-order valence-corrected chi connectivity index (χ3v) is 3.81. The predicted octanol–water partition coefficient (Wildman–Crippen LogP) is 3.76. The van der Waals surface area contributed by atoms with Crippen molar-refractivity contribution in [2.45, 2.75) is 26.2 Å². The molecular weight excluding hydrogens is 272 g/mol. The van der Waals surface area contributed by atoms with Crippen LogP contribution in [0.1, 0.15) is 26.3 Å². The SMILES string of the molecule is CC(C)(C)c1ccc(-c2cccc3nc(N)c(N)nc23)cc1. The van der Waals surface area contributed by atoms with Crippen molar-refractivity contribution < 1.29 is 0 Å². The van der Waals surface area contributed by atoms with Gasteiger partial charge in [0.2, 0.25) is 0 Å². The van der Waals surface area contributed by atoms with Gasteiger partial charge in [0.25, 0.3) is 0 Å². The van der Waals surface area contributed by atoms with Crippen LogP contribution in [0.25, 0.3) is 22.2 Å². The average molecular weight is 292 g/mol. The van der Waals surface area contributed by atoms with Crippen LogP contribution in [-0.4, -0.2) is 9.97 Å². The van der Waals surface area contributed by atoms with Gasteiger partial charge in [-0.2, -0.15) is 0 Å². The molecule has 4 nitrogen and oxygen atoms in total. The van der Waals surface area contributed by atoms with E-state index in [4.69, 9.17) is 11.5 Å². The lowest BCUT2D eigenvalue weighted by atomic mass is 9.86. The Kier molecular flexibility index (Phi) is 3.24. The van der Waals surface area contributed by atoms with Crippen LogP contribution in [0.15, 0.2) is 42.5 Å². The van der Waals surface area contributed by atoms with Crippen LogP contribution in [0.4, 0.5) is 11.6 Å². The Labute approximate surface area is 130 Å². The first kappa shape index (κ1) is 14.3. The first-order valence-electron chi connectivity index (χ1n) is 7.29. The highest BCUT2D eigenvalue weighted by molar-refractivity contribution is 5.93. The molecule has 0 aliphatic carbocycles. The van der Waals surface area contributed by atoms with Crippen LogP contribution in [0.5, 0.6) is 0 Å². The third-order valence-electron chi connectivity index (χ3n) is 3.81. The number of fused-ring (bicyclic) bond motifs is 1. The molecule has 0 fully saturated rings. The standard InChI is InChI=1S/C18H20N4/c1-18(2,3)12-9-7-11(8-10-12)13-5-4-6-14-15(13)22-17(20)16(19)21-14/h4-10H,1-3H3,(H2,19,21)(H2,20,22). The van der Waals surface area contributed by atoms with Crippen LogP contribution in [0, 0.1) is 0 Å². The van der Waals surface area contributed by atoms with Crippen LogP contribution >= 0.6 is 0 Å². The number of hydrogen-bond acceptors (Lipinski definition) is 4. The molecule has 4 heteroatoms. The summed E-state index contributed by atoms with van der Waals surface area (Å²) in [7, 11) is 0. The summed E-state index contributed by atoms with van der Waals surface area (Å²) in [5.74, 6) is 0.541. The summed E-state index contributed by atoms with van der Waals surface area (Å²) >= 11 is 0. The van der Waals surface area contributed by atoms with Crippen molar-refractivity contribution in [1.29, 1.82) is 0 Å². The molecule has 0 spiro atoms. The fourth-order valence-corrected chi connectivity index (χ4v) is 2.49. The first-order valence-corrected chi connectivity index (χ1v) is 7.29. The second kappa shape index (κ2) is 4.98. The Bertz CT molecular complexity index is 830. The van der Waals surface area contributed by atoms with E-state index in [1.54, 1.807) is 0 Å². The number of nitrogens with two attached hydrogens (primary N) is 2. The van der Waals surface area contributed by atoms with Gasteiger partial charge < -0.3 is 11.5 Å². The molecule has 3 aromatic rings. The number of benzene rings is 2. The number of nitrogen functional groups attached to an aromatic ring is 2. The maximum atomic E-state index is 5.82. The molecule has 22 heavy (non-hydrogen) atoms. The van der Waals surface area contributed by atoms with Crippen molar-refractivity contribution in [3.63, 3.8) is 0 Å². The summed E-state index contributed by atoms with van der Waals surface area (Å²) in [5.41, 5.74) is 16.6. The second-order valence-corrected chi connectivity index (χ2v) is 6.49. The molecule has 2 aromatic carbocycles. The molecule has 0 bridgehead atoms. The molecule has 0 aliphatic rings. The molecule has 112 valence electrons. The van der Waals surface area contributed by atoms with E-state index in [2.05, 4.69) is 55.0 Å². The summed E-state index contributed by atoms with van der Waals surface area (Å²) < 4.78 is 0. The van der Waals surface area contributed by atoms with E-state index in [1.165, 1.54) is 5.56 Å². The molecule has 0 atom stereocenters. The topological polar surface area (TPSA) is 77.8 Å². The number of para-hydroxylation sites is 1. The van der Waals surface area contributed by atoms with Gasteiger partial charge in [-0.15, -0.1) is 0 Å². The van der Waals surface area contributed by atoms with Crippen LogP contribution in [0.2, 0.25) is 0 Å². The van der Waals surface area contributed by atoms with Crippen LogP contribution in [-0.2, 0) is 5.41 Å². The molecular formula is C18H20N4. The van der Waals surface area contributed by atoms with Gasteiger partial charge in [-0.3, -0.25) is 0 Å². The molecule has 3 rings (SSSR count). The highest BCUT2D eigenvalue weighted by Gasteiger charge is 2.14. The minimum absolute atomic E-state index is 0.135. The van der Waals surface area contributed by atoms with Crippen molar-refractivity contribution in [3.05, 3.63) is 48.0 Å². The molecule has 1 aromatic heterocycles. The van der Waals surface area contributed by atoms with E-state index in [9.17, 15) is 0 Å². The van der Waals surface area contributed by atoms with E-state index in [1.807, 2.05) is 18.2 Å². The fourth-order valence-electron chi connectivity index (χ4n) is 2.49. The minimum Gasteiger partial charge on any atom is -0.381 e. The van der Waals surface area contributed by atoms with Gasteiger partial charge >= 0.3 is 0 Å². The number of anilines is 2. The lowest BCUT2D eigenvalue weighted by Gasteiger charge is -2.19. The summed E-state index contributed by atoms with van der Waals surface area (Å²) in [5, 5.41) is 0. The fraction of sp³-hybridized carbons (Fsp3) is 0.222. The Morgan fingerprint density at radius 2 is 1.45 bits per heavy atom. The molecule has 0 unspecified atom stereocenters. The van der Waals surface area contributed by atoms with Crippen LogP contribution in [0.3, 0.4) is 0 Å². The van der Waals surface area contributed by atoms with Crippen LogP contribution < -0.4 is 11.5 Å². The van der Waals surface area contributed by atoms with Gasteiger partial charge in [0.1, 0.15) is 0 Å². The zero-order valence-corrected chi connectivity index (χ0v) is 13.1. The summed E-state index contributed by atoms with van der Waals surface area (Å²) in [6.07, 6.45) is 0. The molecule has 4 N–H and O–H groups in total. The van der Waals surface area contributed by atoms with Crippen molar-refractivity contribution in [3.8, 4) is 11.1 Å². The zero-order valence-electron chi connectivity index (χ0n) is 13.1. The first-order chi connectivity index (χ1) is 10.4. The Morgan fingerprint density at radius 3 is 2.09 bits per heavy atom. The van der Waals surface area contributed by atoms with Crippen molar-refractivity contribution in [2.75, 3.05) is 11.5 Å².